The zero-order valence-electron chi connectivity index (χ0n) is 14.1. The number of thiophene rings is 1. The van der Waals surface area contributed by atoms with Gasteiger partial charge in [0.2, 0.25) is 0 Å². The molecular formula is C20H19N3O2S. The van der Waals surface area contributed by atoms with Gasteiger partial charge in [-0.3, -0.25) is 0 Å². The first-order valence-corrected chi connectivity index (χ1v) is 9.44. The molecule has 0 saturated heterocycles. The molecule has 132 valence electrons. The maximum atomic E-state index is 9.71. The molecule has 26 heavy (non-hydrogen) atoms. The molecule has 0 aliphatic rings. The third kappa shape index (κ3) is 3.61. The summed E-state index contributed by atoms with van der Waals surface area (Å²) in [5.74, 6) is 2.41. The zero-order chi connectivity index (χ0) is 17.8. The Morgan fingerprint density at radius 1 is 1.12 bits per heavy atom. The minimum absolute atomic E-state index is 0.0412. The van der Waals surface area contributed by atoms with Crippen LogP contribution in [-0.4, -0.2) is 28.2 Å². The van der Waals surface area contributed by atoms with E-state index < -0.39 is 0 Å². The third-order valence-electron chi connectivity index (χ3n) is 4.27. The van der Waals surface area contributed by atoms with Gasteiger partial charge in [-0.2, -0.15) is 11.3 Å². The van der Waals surface area contributed by atoms with Gasteiger partial charge in [0.15, 0.2) is 5.82 Å². The van der Waals surface area contributed by atoms with Crippen molar-refractivity contribution < 1.29 is 9.52 Å². The number of fused-ring (bicyclic) bond motifs is 1. The number of para-hydroxylation sites is 1. The normalized spacial score (nSPS) is 12.3. The van der Waals surface area contributed by atoms with Crippen molar-refractivity contribution >= 4 is 28.1 Å². The minimum Gasteiger partial charge on any atom is -0.469 e. The van der Waals surface area contributed by atoms with Crippen LogP contribution < -0.4 is 5.32 Å². The van der Waals surface area contributed by atoms with Crippen LogP contribution in [0, 0.1) is 5.92 Å². The van der Waals surface area contributed by atoms with Crippen LogP contribution in [0.2, 0.25) is 0 Å². The smallest absolute Gasteiger partial charge is 0.162 e. The van der Waals surface area contributed by atoms with Gasteiger partial charge in [0, 0.05) is 41.8 Å². The van der Waals surface area contributed by atoms with Gasteiger partial charge in [0.05, 0.1) is 11.8 Å². The van der Waals surface area contributed by atoms with Crippen molar-refractivity contribution in [3.05, 3.63) is 65.2 Å². The topological polar surface area (TPSA) is 71.2 Å². The van der Waals surface area contributed by atoms with Crippen molar-refractivity contribution in [3.8, 4) is 11.4 Å². The number of aliphatic hydroxyl groups excluding tert-OH is 1. The lowest BCUT2D eigenvalue weighted by atomic mass is 10.1. The van der Waals surface area contributed by atoms with Crippen molar-refractivity contribution in [3.63, 3.8) is 0 Å². The number of nitrogens with one attached hydrogen (secondary N) is 1. The van der Waals surface area contributed by atoms with E-state index in [-0.39, 0.29) is 12.5 Å². The minimum atomic E-state index is 0.0412. The lowest BCUT2D eigenvalue weighted by Crippen LogP contribution is -2.21. The predicted octanol–water partition coefficient (Wildman–Crippen LogP) is 4.21. The first kappa shape index (κ1) is 16.8. The molecule has 0 aliphatic carbocycles. The van der Waals surface area contributed by atoms with E-state index in [9.17, 15) is 5.11 Å². The fourth-order valence-electron chi connectivity index (χ4n) is 2.89. The maximum absolute atomic E-state index is 9.71. The fourth-order valence-corrected chi connectivity index (χ4v) is 3.52. The summed E-state index contributed by atoms with van der Waals surface area (Å²) in [5.41, 5.74) is 1.91. The van der Waals surface area contributed by atoms with Crippen LogP contribution in [0.3, 0.4) is 0 Å². The van der Waals surface area contributed by atoms with Crippen LogP contribution in [0.5, 0.6) is 0 Å². The number of rotatable bonds is 7. The molecule has 6 heteroatoms. The molecule has 0 bridgehead atoms. The molecule has 0 spiro atoms. The molecule has 1 unspecified atom stereocenters. The summed E-state index contributed by atoms with van der Waals surface area (Å²) >= 11 is 1.63. The molecule has 1 atom stereocenters. The van der Waals surface area contributed by atoms with Crippen LogP contribution in [-0.2, 0) is 6.42 Å². The summed E-state index contributed by atoms with van der Waals surface area (Å²) in [5, 5.41) is 18.1. The van der Waals surface area contributed by atoms with Gasteiger partial charge >= 0.3 is 0 Å². The van der Waals surface area contributed by atoms with Crippen molar-refractivity contribution in [1.82, 2.24) is 9.97 Å². The van der Waals surface area contributed by atoms with Crippen LogP contribution in [0.25, 0.3) is 22.3 Å². The average Bonchev–Trinajstić information content (AvgIpc) is 3.38. The second kappa shape index (κ2) is 7.68. The molecule has 4 rings (SSSR count). The SMILES string of the molecule is OCC(CNc1nc(-c2ccsc2)nc2ccccc12)Cc1ccco1. The molecule has 5 nitrogen and oxygen atoms in total. The van der Waals surface area contributed by atoms with Gasteiger partial charge in [-0.15, -0.1) is 0 Å². The Morgan fingerprint density at radius 3 is 2.81 bits per heavy atom. The second-order valence-corrected chi connectivity index (χ2v) is 6.92. The van der Waals surface area contributed by atoms with E-state index in [2.05, 4.69) is 10.3 Å². The Balaban J connectivity index is 1.60. The van der Waals surface area contributed by atoms with E-state index >= 15 is 0 Å². The number of benzene rings is 1. The Hall–Kier alpha value is -2.70. The molecule has 2 N–H and O–H groups in total. The second-order valence-electron chi connectivity index (χ2n) is 6.14. The summed E-state index contributed by atoms with van der Waals surface area (Å²) in [4.78, 5) is 9.40. The number of nitrogens with zero attached hydrogens (tertiary/aromatic N) is 2. The monoisotopic (exact) mass is 365 g/mol. The molecule has 0 saturated carbocycles. The predicted molar refractivity (Wildman–Crippen MR) is 104 cm³/mol. The van der Waals surface area contributed by atoms with E-state index in [0.29, 0.717) is 18.8 Å². The summed E-state index contributed by atoms with van der Waals surface area (Å²) in [6.07, 6.45) is 2.33. The number of aromatic nitrogens is 2. The number of anilines is 1. The number of hydrogen-bond acceptors (Lipinski definition) is 6. The van der Waals surface area contributed by atoms with Gasteiger partial charge in [-0.05, 0) is 35.7 Å². The van der Waals surface area contributed by atoms with Gasteiger partial charge < -0.3 is 14.8 Å². The molecule has 0 amide bonds. The molecule has 0 fully saturated rings. The van der Waals surface area contributed by atoms with Gasteiger partial charge in [0.25, 0.3) is 0 Å². The molecular weight excluding hydrogens is 346 g/mol. The Kier molecular flexibility index (Phi) is 4.95. The van der Waals surface area contributed by atoms with Crippen molar-refractivity contribution in [2.24, 2.45) is 5.92 Å². The third-order valence-corrected chi connectivity index (χ3v) is 4.95. The molecule has 3 heterocycles. The van der Waals surface area contributed by atoms with Gasteiger partial charge in [-0.1, -0.05) is 12.1 Å². The first-order chi connectivity index (χ1) is 12.8. The molecule has 1 aromatic carbocycles. The Morgan fingerprint density at radius 2 is 2.04 bits per heavy atom. The van der Waals surface area contributed by atoms with Gasteiger partial charge in [0.1, 0.15) is 11.6 Å². The van der Waals surface area contributed by atoms with E-state index in [1.165, 1.54) is 0 Å². The van der Waals surface area contributed by atoms with Crippen LogP contribution in [0.1, 0.15) is 5.76 Å². The average molecular weight is 365 g/mol. The summed E-state index contributed by atoms with van der Waals surface area (Å²) in [6, 6.07) is 13.8. The van der Waals surface area contributed by atoms with Crippen molar-refractivity contribution in [2.45, 2.75) is 6.42 Å². The van der Waals surface area contributed by atoms with Crippen molar-refractivity contribution in [1.29, 1.82) is 0 Å². The summed E-state index contributed by atoms with van der Waals surface area (Å²) in [7, 11) is 0. The van der Waals surface area contributed by atoms with Gasteiger partial charge in [-0.25, -0.2) is 9.97 Å². The lowest BCUT2D eigenvalue weighted by molar-refractivity contribution is 0.226. The fraction of sp³-hybridized carbons (Fsp3) is 0.200. The zero-order valence-corrected chi connectivity index (χ0v) is 14.9. The summed E-state index contributed by atoms with van der Waals surface area (Å²) in [6.45, 7) is 0.676. The van der Waals surface area contributed by atoms with Crippen molar-refractivity contribution in [2.75, 3.05) is 18.5 Å². The Bertz CT molecular complexity index is 968. The standard InChI is InChI=1S/C20H19N3O2S/c24-12-14(10-16-4-3-8-25-16)11-21-20-17-5-1-2-6-18(17)22-19(23-20)15-7-9-26-13-15/h1-9,13-14,24H,10-12H2,(H,21,22,23). The largest absolute Gasteiger partial charge is 0.469 e. The quantitative estimate of drug-likeness (QED) is 0.513. The number of aliphatic hydroxyl groups is 1. The molecule has 4 aromatic rings. The highest BCUT2D eigenvalue weighted by Gasteiger charge is 2.14. The van der Waals surface area contributed by atoms with E-state index in [1.54, 1.807) is 17.6 Å². The number of furan rings is 1. The van der Waals surface area contributed by atoms with E-state index in [1.807, 2.05) is 53.2 Å². The highest BCUT2D eigenvalue weighted by atomic mass is 32.1. The first-order valence-electron chi connectivity index (χ1n) is 8.50. The van der Waals surface area contributed by atoms with E-state index in [4.69, 9.17) is 9.40 Å². The van der Waals surface area contributed by atoms with Crippen LogP contribution >= 0.6 is 11.3 Å². The lowest BCUT2D eigenvalue weighted by Gasteiger charge is -2.16. The Labute approximate surface area is 155 Å². The molecule has 3 aromatic heterocycles. The number of hydrogen-bond donors (Lipinski definition) is 2. The molecule has 0 aliphatic heterocycles. The summed E-state index contributed by atoms with van der Waals surface area (Å²) < 4.78 is 5.39. The van der Waals surface area contributed by atoms with E-state index in [0.717, 1.165) is 28.0 Å². The van der Waals surface area contributed by atoms with Crippen LogP contribution in [0.4, 0.5) is 5.82 Å². The van der Waals surface area contributed by atoms with Crippen LogP contribution in [0.15, 0.2) is 63.9 Å². The highest BCUT2D eigenvalue weighted by molar-refractivity contribution is 7.08. The maximum Gasteiger partial charge on any atom is 0.162 e. The highest BCUT2D eigenvalue weighted by Crippen LogP contribution is 2.26. The molecule has 0 radical (unpaired) electrons.